The lowest BCUT2D eigenvalue weighted by Crippen LogP contribution is -2.16. The third-order valence-corrected chi connectivity index (χ3v) is 4.19. The average molecular weight is 281 g/mol. The summed E-state index contributed by atoms with van der Waals surface area (Å²) < 4.78 is 7.79. The van der Waals surface area contributed by atoms with E-state index >= 15 is 0 Å². The standard InChI is InChI=1S/C13H17ClN4O/c1-4-10-9(5-6-19-10)12-16-17-13-11(14)15-7(2)8(3)18(12)13/h9-10H,4-6H2,1-3H3. The highest BCUT2D eigenvalue weighted by molar-refractivity contribution is 6.32. The molecule has 1 aliphatic rings. The van der Waals surface area contributed by atoms with Crippen molar-refractivity contribution in [3.05, 3.63) is 22.4 Å². The van der Waals surface area contributed by atoms with Crippen molar-refractivity contribution in [3.63, 3.8) is 0 Å². The Labute approximate surface area is 117 Å². The van der Waals surface area contributed by atoms with Crippen LogP contribution in [0.15, 0.2) is 0 Å². The van der Waals surface area contributed by atoms with E-state index in [1.165, 1.54) is 0 Å². The van der Waals surface area contributed by atoms with Gasteiger partial charge in [-0.1, -0.05) is 18.5 Å². The van der Waals surface area contributed by atoms with Crippen LogP contribution in [0.3, 0.4) is 0 Å². The van der Waals surface area contributed by atoms with E-state index in [2.05, 4.69) is 22.1 Å². The molecule has 2 aromatic heterocycles. The van der Waals surface area contributed by atoms with Gasteiger partial charge in [0.1, 0.15) is 5.82 Å². The van der Waals surface area contributed by atoms with Gasteiger partial charge in [0.25, 0.3) is 0 Å². The lowest BCUT2D eigenvalue weighted by atomic mass is 9.99. The van der Waals surface area contributed by atoms with Crippen molar-refractivity contribution in [2.75, 3.05) is 6.61 Å². The van der Waals surface area contributed by atoms with Crippen molar-refractivity contribution in [2.24, 2.45) is 0 Å². The molecule has 1 aliphatic heterocycles. The molecule has 0 aliphatic carbocycles. The molecular weight excluding hydrogens is 264 g/mol. The Morgan fingerprint density at radius 2 is 2.16 bits per heavy atom. The molecule has 0 N–H and O–H groups in total. The van der Waals surface area contributed by atoms with Crippen molar-refractivity contribution < 1.29 is 4.74 Å². The predicted molar refractivity (Wildman–Crippen MR) is 72.7 cm³/mol. The fourth-order valence-electron chi connectivity index (χ4n) is 2.79. The lowest BCUT2D eigenvalue weighted by molar-refractivity contribution is 0.0992. The van der Waals surface area contributed by atoms with Crippen LogP contribution in [-0.2, 0) is 4.74 Å². The van der Waals surface area contributed by atoms with E-state index in [0.717, 1.165) is 36.7 Å². The van der Waals surface area contributed by atoms with Crippen LogP contribution in [0.1, 0.15) is 42.9 Å². The molecule has 19 heavy (non-hydrogen) atoms. The summed E-state index contributed by atoms with van der Waals surface area (Å²) in [6.07, 6.45) is 2.19. The molecule has 5 nitrogen and oxygen atoms in total. The van der Waals surface area contributed by atoms with Crippen LogP contribution in [0.5, 0.6) is 0 Å². The van der Waals surface area contributed by atoms with E-state index in [-0.39, 0.29) is 12.0 Å². The van der Waals surface area contributed by atoms with Crippen molar-refractivity contribution in [2.45, 2.75) is 45.6 Å². The summed E-state index contributed by atoms with van der Waals surface area (Å²) in [5, 5.41) is 8.95. The number of aromatic nitrogens is 4. The highest BCUT2D eigenvalue weighted by atomic mass is 35.5. The van der Waals surface area contributed by atoms with Gasteiger partial charge in [0.05, 0.1) is 11.8 Å². The number of halogens is 1. The second-order valence-corrected chi connectivity index (χ2v) is 5.36. The summed E-state index contributed by atoms with van der Waals surface area (Å²) >= 11 is 6.16. The molecule has 2 unspecified atom stereocenters. The largest absolute Gasteiger partial charge is 0.377 e. The van der Waals surface area contributed by atoms with Crippen LogP contribution < -0.4 is 0 Å². The number of ether oxygens (including phenoxy) is 1. The van der Waals surface area contributed by atoms with Gasteiger partial charge < -0.3 is 4.74 Å². The molecule has 0 spiro atoms. The van der Waals surface area contributed by atoms with Gasteiger partial charge in [0.15, 0.2) is 10.8 Å². The lowest BCUT2D eigenvalue weighted by Gasteiger charge is -2.16. The molecule has 2 atom stereocenters. The summed E-state index contributed by atoms with van der Waals surface area (Å²) in [7, 11) is 0. The summed E-state index contributed by atoms with van der Waals surface area (Å²) in [6.45, 7) is 6.90. The maximum Gasteiger partial charge on any atom is 0.198 e. The number of aryl methyl sites for hydroxylation is 2. The van der Waals surface area contributed by atoms with Gasteiger partial charge in [-0.3, -0.25) is 4.40 Å². The Hall–Kier alpha value is -1.20. The van der Waals surface area contributed by atoms with E-state index in [1.54, 1.807) is 0 Å². The van der Waals surface area contributed by atoms with Crippen LogP contribution in [0.4, 0.5) is 0 Å². The summed E-state index contributed by atoms with van der Waals surface area (Å²) in [6, 6.07) is 0. The minimum Gasteiger partial charge on any atom is -0.377 e. The quantitative estimate of drug-likeness (QED) is 0.849. The fraction of sp³-hybridized carbons (Fsp3) is 0.615. The first-order chi connectivity index (χ1) is 9.13. The van der Waals surface area contributed by atoms with E-state index in [9.17, 15) is 0 Å². The molecular formula is C13H17ClN4O. The third-order valence-electron chi connectivity index (χ3n) is 3.94. The SMILES string of the molecule is CCC1OCCC1c1nnc2c(Cl)nc(C)c(C)n12. The van der Waals surface area contributed by atoms with Crippen molar-refractivity contribution in [3.8, 4) is 0 Å². The molecule has 102 valence electrons. The summed E-state index contributed by atoms with van der Waals surface area (Å²) in [5.74, 6) is 1.24. The average Bonchev–Trinajstić information content (AvgIpc) is 3.01. The van der Waals surface area contributed by atoms with Gasteiger partial charge >= 0.3 is 0 Å². The number of fused-ring (bicyclic) bond motifs is 1. The Balaban J connectivity index is 2.20. The second-order valence-electron chi connectivity index (χ2n) is 5.00. The molecule has 0 saturated carbocycles. The van der Waals surface area contributed by atoms with E-state index in [4.69, 9.17) is 16.3 Å². The van der Waals surface area contributed by atoms with Crippen LogP contribution in [0.25, 0.3) is 5.65 Å². The zero-order valence-corrected chi connectivity index (χ0v) is 12.1. The van der Waals surface area contributed by atoms with Crippen molar-refractivity contribution >= 4 is 17.2 Å². The minimum absolute atomic E-state index is 0.221. The molecule has 1 saturated heterocycles. The zero-order valence-electron chi connectivity index (χ0n) is 11.4. The van der Waals surface area contributed by atoms with Crippen LogP contribution in [0.2, 0.25) is 5.15 Å². The first kappa shape index (κ1) is 12.8. The molecule has 0 aromatic carbocycles. The summed E-state index contributed by atoms with van der Waals surface area (Å²) in [5.41, 5.74) is 2.59. The highest BCUT2D eigenvalue weighted by Crippen LogP contribution is 2.33. The van der Waals surface area contributed by atoms with Crippen molar-refractivity contribution in [1.82, 2.24) is 19.6 Å². The van der Waals surface area contributed by atoms with Gasteiger partial charge in [-0.05, 0) is 26.7 Å². The number of rotatable bonds is 2. The van der Waals surface area contributed by atoms with E-state index in [0.29, 0.717) is 10.8 Å². The molecule has 6 heteroatoms. The van der Waals surface area contributed by atoms with Crippen molar-refractivity contribution in [1.29, 1.82) is 0 Å². The second kappa shape index (κ2) is 4.72. The first-order valence-corrected chi connectivity index (χ1v) is 7.00. The zero-order chi connectivity index (χ0) is 13.6. The summed E-state index contributed by atoms with van der Waals surface area (Å²) in [4.78, 5) is 4.29. The van der Waals surface area contributed by atoms with E-state index < -0.39 is 0 Å². The fourth-order valence-corrected chi connectivity index (χ4v) is 3.04. The molecule has 3 rings (SSSR count). The minimum atomic E-state index is 0.221. The molecule has 3 heterocycles. The van der Waals surface area contributed by atoms with Gasteiger partial charge in [-0.25, -0.2) is 4.98 Å². The Kier molecular flexibility index (Phi) is 3.19. The predicted octanol–water partition coefficient (Wildman–Crippen LogP) is 2.68. The number of hydrogen-bond acceptors (Lipinski definition) is 4. The molecule has 1 fully saturated rings. The molecule has 2 aromatic rings. The van der Waals surface area contributed by atoms with E-state index in [1.807, 2.05) is 18.2 Å². The Bertz CT molecular complexity index is 625. The number of hydrogen-bond donors (Lipinski definition) is 0. The van der Waals surface area contributed by atoms with Gasteiger partial charge in [0, 0.05) is 18.2 Å². The monoisotopic (exact) mass is 280 g/mol. The normalized spacial score (nSPS) is 23.4. The van der Waals surface area contributed by atoms with Crippen LogP contribution in [-0.4, -0.2) is 32.3 Å². The van der Waals surface area contributed by atoms with Crippen LogP contribution >= 0.6 is 11.6 Å². The Morgan fingerprint density at radius 3 is 2.89 bits per heavy atom. The smallest absolute Gasteiger partial charge is 0.198 e. The molecule has 0 bridgehead atoms. The Morgan fingerprint density at radius 1 is 1.37 bits per heavy atom. The maximum atomic E-state index is 6.16. The molecule has 0 radical (unpaired) electrons. The highest BCUT2D eigenvalue weighted by Gasteiger charge is 2.32. The van der Waals surface area contributed by atoms with Gasteiger partial charge in [-0.15, -0.1) is 10.2 Å². The third kappa shape index (κ3) is 1.92. The molecule has 0 amide bonds. The maximum absolute atomic E-state index is 6.16. The first-order valence-electron chi connectivity index (χ1n) is 6.62. The topological polar surface area (TPSA) is 52.3 Å². The number of nitrogens with zero attached hydrogens (tertiary/aromatic N) is 4. The van der Waals surface area contributed by atoms with Gasteiger partial charge in [0.2, 0.25) is 0 Å². The van der Waals surface area contributed by atoms with Gasteiger partial charge in [-0.2, -0.15) is 0 Å². The van der Waals surface area contributed by atoms with Crippen LogP contribution in [0, 0.1) is 13.8 Å².